The molecule has 2 heterocycles. The second-order valence-electron chi connectivity index (χ2n) is 25.3. The molecule has 2 unspecified atom stereocenters. The van der Waals surface area contributed by atoms with Crippen molar-refractivity contribution in [1.29, 1.82) is 0 Å². The molecular weight excluding hydrogens is 1140 g/mol. The highest BCUT2D eigenvalue weighted by Crippen LogP contribution is 2.37. The third-order valence-electron chi connectivity index (χ3n) is 16.5. The molecule has 4 aliphatic rings. The Bertz CT molecular complexity index is 2750. The number of carbonyl (C=O) groups is 8. The zero-order chi connectivity index (χ0) is 63.2. The lowest BCUT2D eigenvalue weighted by molar-refractivity contribution is -0.163. The smallest absolute Gasteiger partial charge is 0.344 e. The molecule has 3 aromatic carbocycles. The zero-order valence-corrected chi connectivity index (χ0v) is 51.6. The lowest BCUT2D eigenvalue weighted by Crippen LogP contribution is -2.47. The van der Waals surface area contributed by atoms with Gasteiger partial charge in [0.1, 0.15) is 24.0 Å². The van der Waals surface area contributed by atoms with E-state index in [0.717, 1.165) is 68.1 Å². The molecule has 88 heavy (non-hydrogen) atoms. The first-order chi connectivity index (χ1) is 42.1. The quantitative estimate of drug-likeness (QED) is 0.0327. The van der Waals surface area contributed by atoms with Gasteiger partial charge in [-0.25, -0.2) is 13.6 Å². The van der Waals surface area contributed by atoms with Gasteiger partial charge < -0.3 is 54.4 Å². The lowest BCUT2D eigenvalue weighted by atomic mass is 9.90. The molecule has 0 spiro atoms. The minimum absolute atomic E-state index is 0.00332. The molecule has 3 amide bonds. The van der Waals surface area contributed by atoms with Gasteiger partial charge >= 0.3 is 29.8 Å². The van der Waals surface area contributed by atoms with Crippen molar-refractivity contribution in [1.82, 2.24) is 21.3 Å². The molecule has 3 aromatic rings. The summed E-state index contributed by atoms with van der Waals surface area (Å²) in [6, 6.07) is 23.3. The number of likely N-dealkylation sites (N-methyl/N-ethyl adjacent to an activating group) is 1. The Morgan fingerprint density at radius 1 is 0.511 bits per heavy atom. The molecule has 7 rings (SSSR count). The van der Waals surface area contributed by atoms with Crippen LogP contribution in [0.1, 0.15) is 144 Å². The Labute approximate surface area is 515 Å². The predicted octanol–water partition coefficient (Wildman–Crippen LogP) is 7.58. The first-order valence-corrected chi connectivity index (χ1v) is 31.2. The number of esters is 5. The highest BCUT2D eigenvalue weighted by Gasteiger charge is 2.38. The van der Waals surface area contributed by atoms with Crippen LogP contribution in [0.15, 0.2) is 78.9 Å². The number of benzene rings is 3. The summed E-state index contributed by atoms with van der Waals surface area (Å²) in [7, 11) is 1.50. The maximum absolute atomic E-state index is 15.6. The van der Waals surface area contributed by atoms with Crippen molar-refractivity contribution in [3.05, 3.63) is 107 Å². The molecule has 0 aromatic heterocycles. The van der Waals surface area contributed by atoms with E-state index in [9.17, 15) is 42.7 Å². The van der Waals surface area contributed by atoms with Gasteiger partial charge in [0.05, 0.1) is 17.8 Å². The van der Waals surface area contributed by atoms with Crippen LogP contribution in [0.5, 0.6) is 0 Å². The van der Waals surface area contributed by atoms with Crippen LogP contribution in [0.2, 0.25) is 0 Å². The summed E-state index contributed by atoms with van der Waals surface area (Å²) in [5, 5.41) is 10.9. The van der Waals surface area contributed by atoms with E-state index < -0.39 is 121 Å². The molecule has 6 atom stereocenters. The molecule has 0 bridgehead atoms. The van der Waals surface area contributed by atoms with Crippen molar-refractivity contribution in [2.45, 2.75) is 166 Å². The van der Waals surface area contributed by atoms with Crippen molar-refractivity contribution in [2.75, 3.05) is 66.3 Å². The fourth-order valence-corrected chi connectivity index (χ4v) is 11.1. The van der Waals surface area contributed by atoms with E-state index in [0.29, 0.717) is 56.3 Å². The van der Waals surface area contributed by atoms with Crippen LogP contribution >= 0.6 is 0 Å². The molecule has 2 saturated carbocycles. The van der Waals surface area contributed by atoms with Gasteiger partial charge in [0.2, 0.25) is 0 Å². The van der Waals surface area contributed by atoms with Crippen LogP contribution in [0.3, 0.4) is 0 Å². The summed E-state index contributed by atoms with van der Waals surface area (Å²) >= 11 is 0. The second kappa shape index (κ2) is 33.7. The molecule has 0 radical (unpaired) electrons. The Morgan fingerprint density at radius 3 is 1.40 bits per heavy atom. The van der Waals surface area contributed by atoms with Gasteiger partial charge in [0.25, 0.3) is 17.7 Å². The Morgan fingerprint density at radius 2 is 0.955 bits per heavy atom. The van der Waals surface area contributed by atoms with E-state index in [2.05, 4.69) is 21.3 Å². The fraction of sp³-hybridized carbons (Fsp3) is 0.612. The number of amides is 3. The highest BCUT2D eigenvalue weighted by atomic mass is 19.1. The van der Waals surface area contributed by atoms with Gasteiger partial charge in [-0.3, -0.25) is 33.6 Å². The molecule has 2 aliphatic carbocycles. The number of alkyl halides is 2. The van der Waals surface area contributed by atoms with Crippen LogP contribution in [-0.2, 0) is 91.0 Å². The average Bonchev–Trinajstić information content (AvgIpc) is 4.68. The minimum Gasteiger partial charge on any atom is -0.458 e. The molecule has 2 aliphatic heterocycles. The summed E-state index contributed by atoms with van der Waals surface area (Å²) in [4.78, 5) is 109. The van der Waals surface area contributed by atoms with Gasteiger partial charge in [0.15, 0.2) is 25.4 Å². The highest BCUT2D eigenvalue weighted by molar-refractivity contribution is 5.87. The zero-order valence-electron chi connectivity index (χ0n) is 51.6. The molecule has 2 saturated heterocycles. The first-order valence-electron chi connectivity index (χ1n) is 31.2. The topological polar surface area (TPSA) is 249 Å². The number of carbonyl (C=O) groups excluding carboxylic acids is 8. The number of halogens is 2. The third-order valence-corrected chi connectivity index (χ3v) is 16.5. The lowest BCUT2D eigenvalue weighted by Gasteiger charge is -2.26. The second-order valence-corrected chi connectivity index (χ2v) is 25.3. The van der Waals surface area contributed by atoms with E-state index in [4.69, 9.17) is 33.2 Å². The molecule has 4 fully saturated rings. The SMILES string of the molecule is CNC(CC(C)(C)F)C(=O)OC(Cc1ccc(C2CCOCC2)cc1)C(=O)NC[C@H](CC1CC1)C(=O)OCC(=O)NC[C@H](CC(C)(C)F)C(=O)O[C@H](Cc1ccc(C2CCOCC2)cc1)C(=O)NC[C@H](CC1CC1)C(=O)OCC(=O)OCc1ccccc1. The van der Waals surface area contributed by atoms with Gasteiger partial charge in [-0.15, -0.1) is 0 Å². The Hall–Kier alpha value is -6.84. The standard InChI is InChI=1S/C67H90F2N4O15/c1-66(2,68)35-54(64(80)87-56(33-45-15-19-48(20-16-45)50-23-27-82-28-24-50)60(76)72-38-53(32-44-13-14-44)63(79)86-42-59(75)84-40-47-9-7-6-8-10-47)39-71-58(74)41-85-62(78)52(31-43-11-12-43)37-73-61(77)57(88-65(81)55(70-5)36-67(3,4)69)34-46-17-21-49(22-18-46)51-25-29-83-30-26-51/h6-10,15-22,43-44,50-57,70H,11-14,23-42H2,1-5H3,(H,71,74)(H,72,76)(H,73,77)/t52-,53-,54-,55?,56+,57?/m0/s1. The molecular formula is C67H90F2N4O15. The van der Waals surface area contributed by atoms with Gasteiger partial charge in [0, 0.05) is 65.3 Å². The number of nitrogens with one attached hydrogen (secondary N) is 4. The average molecular weight is 1230 g/mol. The molecule has 21 heteroatoms. The van der Waals surface area contributed by atoms with E-state index in [1.165, 1.54) is 34.7 Å². The van der Waals surface area contributed by atoms with Crippen LogP contribution in [0.4, 0.5) is 8.78 Å². The van der Waals surface area contributed by atoms with E-state index in [1.807, 2.05) is 54.6 Å². The van der Waals surface area contributed by atoms with Crippen LogP contribution in [0.25, 0.3) is 0 Å². The summed E-state index contributed by atoms with van der Waals surface area (Å²) in [5.41, 5.74) is 0.647. The summed E-state index contributed by atoms with van der Waals surface area (Å²) in [6.45, 7) is 5.51. The van der Waals surface area contributed by atoms with Gasteiger partial charge in [-0.05, 0) is 131 Å². The number of ether oxygens (including phenoxy) is 7. The Kier molecular flexibility index (Phi) is 26.3. The van der Waals surface area contributed by atoms with Crippen molar-refractivity contribution in [3.63, 3.8) is 0 Å². The van der Waals surface area contributed by atoms with Crippen LogP contribution in [0, 0.1) is 29.6 Å². The summed E-state index contributed by atoms with van der Waals surface area (Å²) in [5.74, 6) is -8.38. The minimum atomic E-state index is -1.96. The first kappa shape index (κ1) is 68.6. The summed E-state index contributed by atoms with van der Waals surface area (Å²) in [6.07, 6.45) is 4.04. The van der Waals surface area contributed by atoms with Crippen LogP contribution in [-0.4, -0.2) is 143 Å². The van der Waals surface area contributed by atoms with Crippen molar-refractivity contribution in [3.8, 4) is 0 Å². The molecule has 482 valence electrons. The fourth-order valence-electron chi connectivity index (χ4n) is 11.1. The Balaban J connectivity index is 0.969. The maximum atomic E-state index is 15.6. The number of hydrogen-bond donors (Lipinski definition) is 4. The van der Waals surface area contributed by atoms with E-state index in [1.54, 1.807) is 24.3 Å². The van der Waals surface area contributed by atoms with Crippen molar-refractivity contribution in [2.24, 2.45) is 29.6 Å². The molecule has 19 nitrogen and oxygen atoms in total. The van der Waals surface area contributed by atoms with Gasteiger partial charge in [-0.2, -0.15) is 0 Å². The number of hydrogen-bond acceptors (Lipinski definition) is 16. The third kappa shape index (κ3) is 24.3. The number of rotatable bonds is 35. The van der Waals surface area contributed by atoms with Crippen molar-refractivity contribution >= 4 is 47.6 Å². The van der Waals surface area contributed by atoms with E-state index >= 15 is 4.39 Å². The maximum Gasteiger partial charge on any atom is 0.344 e. The monoisotopic (exact) mass is 1230 g/mol. The largest absolute Gasteiger partial charge is 0.458 e. The van der Waals surface area contributed by atoms with E-state index in [-0.39, 0.29) is 56.7 Å². The van der Waals surface area contributed by atoms with Crippen molar-refractivity contribution < 1.29 is 80.3 Å². The molecule has 4 N–H and O–H groups in total. The predicted molar refractivity (Wildman–Crippen MR) is 320 cm³/mol. The summed E-state index contributed by atoms with van der Waals surface area (Å²) < 4.78 is 69.3. The van der Waals surface area contributed by atoms with Gasteiger partial charge in [-0.1, -0.05) is 105 Å². The van der Waals surface area contributed by atoms with Crippen LogP contribution < -0.4 is 21.3 Å². The normalized spacial score (nSPS) is 17.8.